The summed E-state index contributed by atoms with van der Waals surface area (Å²) in [6.45, 7) is 4.98. The molecule has 0 saturated carbocycles. The van der Waals surface area contributed by atoms with Gasteiger partial charge in [0.1, 0.15) is 0 Å². The molecule has 0 bridgehead atoms. The van der Waals surface area contributed by atoms with Crippen LogP contribution in [-0.2, 0) is 11.3 Å². The lowest BCUT2D eigenvalue weighted by molar-refractivity contribution is 0.0207. The number of ether oxygens (including phenoxy) is 1. The highest BCUT2D eigenvalue weighted by Gasteiger charge is 2.28. The largest absolute Gasteiger partial charge is 0.374 e. The van der Waals surface area contributed by atoms with Crippen LogP contribution >= 0.6 is 11.3 Å². The van der Waals surface area contributed by atoms with Crippen molar-refractivity contribution in [2.45, 2.75) is 31.9 Å². The highest BCUT2D eigenvalue weighted by atomic mass is 32.1. The monoisotopic (exact) mass is 287 g/mol. The van der Waals surface area contributed by atoms with Crippen LogP contribution in [0, 0.1) is 0 Å². The molecular formula is C17H21NOS. The zero-order valence-corrected chi connectivity index (χ0v) is 12.7. The molecule has 2 heterocycles. The fourth-order valence-electron chi connectivity index (χ4n) is 2.68. The first-order valence-electron chi connectivity index (χ1n) is 7.23. The summed E-state index contributed by atoms with van der Waals surface area (Å²) in [7, 11) is 0. The first-order valence-corrected chi connectivity index (χ1v) is 8.11. The molecule has 3 rings (SSSR count). The Hall–Kier alpha value is -1.16. The highest BCUT2D eigenvalue weighted by Crippen LogP contribution is 2.26. The van der Waals surface area contributed by atoms with Gasteiger partial charge in [-0.05, 0) is 42.3 Å². The van der Waals surface area contributed by atoms with E-state index < -0.39 is 0 Å². The maximum atomic E-state index is 5.79. The van der Waals surface area contributed by atoms with Gasteiger partial charge in [0.15, 0.2) is 0 Å². The van der Waals surface area contributed by atoms with Crippen molar-refractivity contribution in [3.05, 3.63) is 46.7 Å². The first kappa shape index (κ1) is 13.8. The van der Waals surface area contributed by atoms with Gasteiger partial charge < -0.3 is 10.1 Å². The minimum atomic E-state index is 0.0412. The number of hydrogen-bond donors (Lipinski definition) is 1. The lowest BCUT2D eigenvalue weighted by Gasteiger charge is -2.23. The molecule has 1 saturated heterocycles. The molecule has 2 nitrogen and oxygen atoms in total. The molecule has 0 spiro atoms. The van der Waals surface area contributed by atoms with Crippen LogP contribution in [0.2, 0.25) is 0 Å². The summed E-state index contributed by atoms with van der Waals surface area (Å²) in [5.41, 5.74) is 2.65. The van der Waals surface area contributed by atoms with Crippen molar-refractivity contribution in [3.63, 3.8) is 0 Å². The molecule has 20 heavy (non-hydrogen) atoms. The van der Waals surface area contributed by atoms with Crippen LogP contribution in [0.4, 0.5) is 0 Å². The molecule has 1 aromatic carbocycles. The number of rotatable bonds is 5. The summed E-state index contributed by atoms with van der Waals surface area (Å²) >= 11 is 1.82. The summed E-state index contributed by atoms with van der Waals surface area (Å²) in [5, 5.41) is 5.77. The highest BCUT2D eigenvalue weighted by molar-refractivity contribution is 7.10. The van der Waals surface area contributed by atoms with Gasteiger partial charge in [0.05, 0.1) is 5.60 Å². The number of thiophene rings is 1. The van der Waals surface area contributed by atoms with E-state index >= 15 is 0 Å². The molecule has 1 aromatic heterocycles. The van der Waals surface area contributed by atoms with Crippen LogP contribution in [0.3, 0.4) is 0 Å². The Bertz CT molecular complexity index is 543. The van der Waals surface area contributed by atoms with Gasteiger partial charge >= 0.3 is 0 Å². The maximum absolute atomic E-state index is 5.79. The zero-order valence-electron chi connectivity index (χ0n) is 11.9. The van der Waals surface area contributed by atoms with Crippen LogP contribution < -0.4 is 5.32 Å². The van der Waals surface area contributed by atoms with Gasteiger partial charge in [-0.2, -0.15) is 0 Å². The molecule has 1 N–H and O–H groups in total. The van der Waals surface area contributed by atoms with Gasteiger partial charge in [-0.15, -0.1) is 11.3 Å². The minimum absolute atomic E-state index is 0.0412. The lowest BCUT2D eigenvalue weighted by atomic mass is 10.0. The van der Waals surface area contributed by atoms with Crippen molar-refractivity contribution < 1.29 is 4.74 Å². The molecular weight excluding hydrogens is 266 g/mol. The molecule has 1 fully saturated rings. The summed E-state index contributed by atoms with van der Waals surface area (Å²) in [4.78, 5) is 1.38. The van der Waals surface area contributed by atoms with Gasteiger partial charge in [0.2, 0.25) is 0 Å². The van der Waals surface area contributed by atoms with E-state index in [0.29, 0.717) is 0 Å². The lowest BCUT2D eigenvalue weighted by Crippen LogP contribution is -2.36. The second-order valence-electron chi connectivity index (χ2n) is 5.67. The Labute approximate surface area is 124 Å². The van der Waals surface area contributed by atoms with E-state index in [-0.39, 0.29) is 5.60 Å². The average Bonchev–Trinajstić information content (AvgIpc) is 3.10. The van der Waals surface area contributed by atoms with Crippen LogP contribution in [0.25, 0.3) is 11.1 Å². The Morgan fingerprint density at radius 2 is 2.10 bits per heavy atom. The van der Waals surface area contributed by atoms with Crippen LogP contribution in [0.1, 0.15) is 24.6 Å². The predicted octanol–water partition coefficient (Wildman–Crippen LogP) is 4.07. The molecule has 1 unspecified atom stereocenters. The van der Waals surface area contributed by atoms with Crippen molar-refractivity contribution >= 4 is 11.3 Å². The molecule has 1 aliphatic heterocycles. The van der Waals surface area contributed by atoms with E-state index in [1.807, 2.05) is 11.3 Å². The molecule has 1 aliphatic rings. The van der Waals surface area contributed by atoms with Gasteiger partial charge in [-0.25, -0.2) is 0 Å². The Balaban J connectivity index is 1.55. The van der Waals surface area contributed by atoms with Gasteiger partial charge in [0, 0.05) is 24.6 Å². The van der Waals surface area contributed by atoms with Gasteiger partial charge in [-0.3, -0.25) is 0 Å². The summed E-state index contributed by atoms with van der Waals surface area (Å²) in [6.07, 6.45) is 2.36. The molecule has 0 amide bonds. The average molecular weight is 287 g/mol. The minimum Gasteiger partial charge on any atom is -0.374 e. The zero-order chi connectivity index (χ0) is 13.8. The maximum Gasteiger partial charge on any atom is 0.0779 e. The van der Waals surface area contributed by atoms with Crippen LogP contribution in [0.5, 0.6) is 0 Å². The third-order valence-electron chi connectivity index (χ3n) is 3.86. The van der Waals surface area contributed by atoms with Gasteiger partial charge in [-0.1, -0.05) is 30.3 Å². The molecule has 106 valence electrons. The van der Waals surface area contributed by atoms with E-state index in [4.69, 9.17) is 4.74 Å². The Kier molecular flexibility index (Phi) is 4.20. The molecule has 0 radical (unpaired) electrons. The summed E-state index contributed by atoms with van der Waals surface area (Å²) in [5.74, 6) is 0. The van der Waals surface area contributed by atoms with Crippen molar-refractivity contribution in [1.82, 2.24) is 5.32 Å². The van der Waals surface area contributed by atoms with E-state index in [1.165, 1.54) is 28.8 Å². The normalized spacial score (nSPS) is 22.2. The Morgan fingerprint density at radius 3 is 2.85 bits per heavy atom. The van der Waals surface area contributed by atoms with Crippen molar-refractivity contribution in [2.24, 2.45) is 0 Å². The summed E-state index contributed by atoms with van der Waals surface area (Å²) in [6, 6.07) is 12.8. The fraction of sp³-hybridized carbons (Fsp3) is 0.412. The topological polar surface area (TPSA) is 21.3 Å². The van der Waals surface area contributed by atoms with Crippen LogP contribution in [-0.4, -0.2) is 18.8 Å². The van der Waals surface area contributed by atoms with Crippen LogP contribution in [0.15, 0.2) is 41.8 Å². The second-order valence-corrected chi connectivity index (χ2v) is 6.67. The standard InChI is InChI=1S/C17H21NOS/c1-17(8-5-9-19-17)13-18-11-16-10-15(12-20-16)14-6-3-2-4-7-14/h2-4,6-7,10,12,18H,5,8-9,11,13H2,1H3. The van der Waals surface area contributed by atoms with Gasteiger partial charge in [0.25, 0.3) is 0 Å². The first-order chi connectivity index (χ1) is 9.75. The number of benzene rings is 1. The molecule has 3 heteroatoms. The number of hydrogen-bond acceptors (Lipinski definition) is 3. The predicted molar refractivity (Wildman–Crippen MR) is 85.1 cm³/mol. The third-order valence-corrected chi connectivity index (χ3v) is 4.80. The fourth-order valence-corrected chi connectivity index (χ4v) is 3.54. The second kappa shape index (κ2) is 6.08. The smallest absolute Gasteiger partial charge is 0.0779 e. The van der Waals surface area contributed by atoms with E-state index in [2.05, 4.69) is 54.0 Å². The quantitative estimate of drug-likeness (QED) is 0.895. The molecule has 2 aromatic rings. The van der Waals surface area contributed by atoms with Crippen molar-refractivity contribution in [2.75, 3.05) is 13.2 Å². The Morgan fingerprint density at radius 1 is 1.25 bits per heavy atom. The molecule has 0 aliphatic carbocycles. The SMILES string of the molecule is CC1(CNCc2cc(-c3ccccc3)cs2)CCCO1. The van der Waals surface area contributed by atoms with E-state index in [9.17, 15) is 0 Å². The number of nitrogens with one attached hydrogen (secondary N) is 1. The molecule has 1 atom stereocenters. The summed E-state index contributed by atoms with van der Waals surface area (Å²) < 4.78 is 5.79. The van der Waals surface area contributed by atoms with Crippen molar-refractivity contribution in [3.8, 4) is 11.1 Å². The van der Waals surface area contributed by atoms with E-state index in [0.717, 1.165) is 19.7 Å². The van der Waals surface area contributed by atoms with E-state index in [1.54, 1.807) is 0 Å². The third kappa shape index (κ3) is 3.29. The van der Waals surface area contributed by atoms with Crippen molar-refractivity contribution in [1.29, 1.82) is 0 Å².